The van der Waals surface area contributed by atoms with Gasteiger partial charge >= 0.3 is 0 Å². The van der Waals surface area contributed by atoms with Crippen LogP contribution in [0.1, 0.15) is 108 Å². The number of carbonyl (C=O) groups is 1. The third-order valence-electron chi connectivity index (χ3n) is 6.93. The van der Waals surface area contributed by atoms with Gasteiger partial charge in [0.15, 0.2) is 0 Å². The van der Waals surface area contributed by atoms with E-state index < -0.39 is 0 Å². The summed E-state index contributed by atoms with van der Waals surface area (Å²) in [5.74, 6) is 1.69. The van der Waals surface area contributed by atoms with Crippen LogP contribution in [0, 0.1) is 5.92 Å². The molecule has 0 bridgehead atoms. The summed E-state index contributed by atoms with van der Waals surface area (Å²) in [4.78, 5) is 21.9. The van der Waals surface area contributed by atoms with Crippen molar-refractivity contribution in [3.8, 4) is 0 Å². The van der Waals surface area contributed by atoms with Gasteiger partial charge < -0.3 is 10.2 Å². The molecule has 1 aliphatic heterocycles. The van der Waals surface area contributed by atoms with Crippen molar-refractivity contribution in [3.05, 3.63) is 23.9 Å². The van der Waals surface area contributed by atoms with Crippen LogP contribution in [-0.4, -0.2) is 60.4 Å². The van der Waals surface area contributed by atoms with Crippen molar-refractivity contribution in [1.29, 1.82) is 0 Å². The summed E-state index contributed by atoms with van der Waals surface area (Å²) in [5, 5.41) is 4.22. The lowest BCUT2D eigenvalue weighted by Gasteiger charge is -2.36. The number of pyridine rings is 1. The first-order valence-corrected chi connectivity index (χ1v) is 15.5. The molecule has 1 aliphatic rings. The summed E-state index contributed by atoms with van der Waals surface area (Å²) < 4.78 is 0. The third-order valence-corrected chi connectivity index (χ3v) is 7.49. The maximum atomic E-state index is 12.4. The van der Waals surface area contributed by atoms with Crippen LogP contribution in [0.25, 0.3) is 0 Å². The van der Waals surface area contributed by atoms with E-state index in [9.17, 15) is 4.79 Å². The number of hydrogen-bond acceptors (Lipinski definition) is 4. The Morgan fingerprint density at radius 1 is 0.857 bits per heavy atom. The summed E-state index contributed by atoms with van der Waals surface area (Å²) in [6.45, 7) is 10.6. The number of aromatic nitrogens is 1. The van der Waals surface area contributed by atoms with Crippen LogP contribution in [0.2, 0.25) is 0 Å². The number of carbonyl (C=O) groups excluding carboxylic acids is 1. The van der Waals surface area contributed by atoms with E-state index in [4.69, 9.17) is 0 Å². The Morgan fingerprint density at radius 2 is 1.40 bits per heavy atom. The zero-order chi connectivity index (χ0) is 25.1. The normalized spacial score (nSPS) is 14.6. The van der Waals surface area contributed by atoms with Gasteiger partial charge in [0.05, 0.1) is 5.56 Å². The predicted octanol–water partition coefficient (Wildman–Crippen LogP) is 7.06. The van der Waals surface area contributed by atoms with Gasteiger partial charge in [-0.05, 0) is 30.9 Å². The maximum absolute atomic E-state index is 12.4. The Bertz CT molecular complexity index is 659. The number of piperazine rings is 1. The van der Waals surface area contributed by atoms with Crippen LogP contribution in [-0.2, 0) is 0 Å². The highest BCUT2D eigenvalue weighted by molar-refractivity contribution is 9.09. The number of nitrogens with one attached hydrogen (secondary N) is 1. The molecular weight excluding hydrogens is 500 g/mol. The number of alkyl halides is 1. The zero-order valence-electron chi connectivity index (χ0n) is 22.6. The lowest BCUT2D eigenvalue weighted by Crippen LogP contribution is -2.47. The van der Waals surface area contributed by atoms with Gasteiger partial charge in [0.2, 0.25) is 0 Å². The number of rotatable bonds is 19. The van der Waals surface area contributed by atoms with Crippen LogP contribution < -0.4 is 10.2 Å². The maximum Gasteiger partial charge on any atom is 0.252 e. The third kappa shape index (κ3) is 13.7. The zero-order valence-corrected chi connectivity index (χ0v) is 24.2. The largest absolute Gasteiger partial charge is 0.354 e. The van der Waals surface area contributed by atoms with E-state index in [1.807, 2.05) is 12.1 Å². The minimum Gasteiger partial charge on any atom is -0.354 e. The average Bonchev–Trinajstić information content (AvgIpc) is 2.86. The molecule has 2 rings (SSSR count). The number of nitrogens with zero attached hydrogens (tertiary/aromatic N) is 3. The molecule has 0 saturated carbocycles. The molecule has 0 unspecified atom stereocenters. The highest BCUT2D eigenvalue weighted by atomic mass is 79.9. The molecular formula is C29H51BrN4O. The Hall–Kier alpha value is -1.14. The second-order valence-electron chi connectivity index (χ2n) is 10.6. The van der Waals surface area contributed by atoms with Gasteiger partial charge in [-0.25, -0.2) is 4.98 Å². The molecule has 35 heavy (non-hydrogen) atoms. The smallest absolute Gasteiger partial charge is 0.252 e. The highest BCUT2D eigenvalue weighted by Gasteiger charge is 2.18. The van der Waals surface area contributed by atoms with Crippen molar-refractivity contribution in [2.75, 3.05) is 49.5 Å². The van der Waals surface area contributed by atoms with E-state index in [0.717, 1.165) is 50.3 Å². The second kappa shape index (κ2) is 19.0. The monoisotopic (exact) mass is 550 g/mol. The quantitative estimate of drug-likeness (QED) is 0.148. The first-order chi connectivity index (χ1) is 17.1. The molecule has 1 saturated heterocycles. The topological polar surface area (TPSA) is 48.5 Å². The molecule has 0 spiro atoms. The van der Waals surface area contributed by atoms with Crippen molar-refractivity contribution in [2.24, 2.45) is 5.92 Å². The fourth-order valence-electron chi connectivity index (χ4n) is 4.85. The minimum atomic E-state index is -0.00185. The van der Waals surface area contributed by atoms with E-state index in [1.165, 1.54) is 83.6 Å². The fraction of sp³-hybridized carbons (Fsp3) is 0.793. The van der Waals surface area contributed by atoms with Crippen molar-refractivity contribution in [3.63, 3.8) is 0 Å². The predicted molar refractivity (Wildman–Crippen MR) is 154 cm³/mol. The van der Waals surface area contributed by atoms with E-state index in [1.54, 1.807) is 6.20 Å². The SMILES string of the molecule is CC(C)CN1CCN(c2ccc(C(=O)NCCCCCCCCCCCCCCCBr)cn2)CC1. The highest BCUT2D eigenvalue weighted by Crippen LogP contribution is 2.15. The number of hydrogen-bond donors (Lipinski definition) is 1. The number of amides is 1. The number of unbranched alkanes of at least 4 members (excludes halogenated alkanes) is 12. The lowest BCUT2D eigenvalue weighted by molar-refractivity contribution is 0.0952. The van der Waals surface area contributed by atoms with Crippen LogP contribution in [0.4, 0.5) is 5.82 Å². The Balaban J connectivity index is 1.45. The van der Waals surface area contributed by atoms with Crippen LogP contribution in [0.15, 0.2) is 18.3 Å². The van der Waals surface area contributed by atoms with Gasteiger partial charge in [-0.3, -0.25) is 9.69 Å². The van der Waals surface area contributed by atoms with Crippen LogP contribution in [0.5, 0.6) is 0 Å². The molecule has 5 nitrogen and oxygen atoms in total. The summed E-state index contributed by atoms with van der Waals surface area (Å²) in [7, 11) is 0. The van der Waals surface area contributed by atoms with E-state index in [-0.39, 0.29) is 5.91 Å². The molecule has 1 amide bonds. The van der Waals surface area contributed by atoms with E-state index >= 15 is 0 Å². The van der Waals surface area contributed by atoms with Gasteiger partial charge in [0, 0.05) is 50.8 Å². The van der Waals surface area contributed by atoms with Crippen molar-refractivity contribution >= 4 is 27.7 Å². The Kier molecular flexibility index (Phi) is 16.4. The lowest BCUT2D eigenvalue weighted by atomic mass is 10.0. The summed E-state index contributed by atoms with van der Waals surface area (Å²) in [5.41, 5.74) is 0.662. The summed E-state index contributed by atoms with van der Waals surface area (Å²) >= 11 is 3.50. The molecule has 1 aromatic heterocycles. The minimum absolute atomic E-state index is 0.00185. The summed E-state index contributed by atoms with van der Waals surface area (Å²) in [6, 6.07) is 3.92. The van der Waals surface area contributed by atoms with E-state index in [0.29, 0.717) is 11.5 Å². The molecule has 6 heteroatoms. The molecule has 1 fully saturated rings. The molecule has 0 aliphatic carbocycles. The van der Waals surface area contributed by atoms with Gasteiger partial charge in [-0.2, -0.15) is 0 Å². The van der Waals surface area contributed by atoms with Crippen molar-refractivity contribution in [2.45, 2.75) is 97.3 Å². The van der Waals surface area contributed by atoms with Gasteiger partial charge in [0.1, 0.15) is 5.82 Å². The van der Waals surface area contributed by atoms with Crippen LogP contribution in [0.3, 0.4) is 0 Å². The van der Waals surface area contributed by atoms with Crippen molar-refractivity contribution < 1.29 is 4.79 Å². The van der Waals surface area contributed by atoms with Gasteiger partial charge in [-0.1, -0.05) is 100 Å². The molecule has 1 N–H and O–H groups in total. The first-order valence-electron chi connectivity index (χ1n) is 14.4. The number of halogens is 1. The Labute approximate surface area is 224 Å². The standard InChI is InChI=1S/C29H51BrN4O/c1-26(2)25-33-20-22-34(23-21-33)28-17-16-27(24-32-28)29(35)31-19-15-13-11-9-7-5-3-4-6-8-10-12-14-18-30/h16-17,24,26H,3-15,18-23,25H2,1-2H3,(H,31,35). The Morgan fingerprint density at radius 3 is 1.89 bits per heavy atom. The number of anilines is 1. The first kappa shape index (κ1) is 30.1. The van der Waals surface area contributed by atoms with Crippen LogP contribution >= 0.6 is 15.9 Å². The molecule has 0 atom stereocenters. The van der Waals surface area contributed by atoms with E-state index in [2.05, 4.69) is 49.9 Å². The molecule has 0 radical (unpaired) electrons. The second-order valence-corrected chi connectivity index (χ2v) is 11.4. The van der Waals surface area contributed by atoms with Gasteiger partial charge in [0.25, 0.3) is 5.91 Å². The summed E-state index contributed by atoms with van der Waals surface area (Å²) in [6.07, 6.45) is 19.1. The van der Waals surface area contributed by atoms with Gasteiger partial charge in [-0.15, -0.1) is 0 Å². The molecule has 200 valence electrons. The molecule has 0 aromatic carbocycles. The fourth-order valence-corrected chi connectivity index (χ4v) is 5.25. The van der Waals surface area contributed by atoms with Crippen molar-refractivity contribution in [1.82, 2.24) is 15.2 Å². The molecule has 2 heterocycles. The average molecular weight is 552 g/mol. The molecule has 1 aromatic rings.